The van der Waals surface area contributed by atoms with E-state index in [1.807, 2.05) is 0 Å². The molecule has 13 heavy (non-hydrogen) atoms. The molecule has 2 atom stereocenters. The number of hydrogen-bond acceptors (Lipinski definition) is 0. The Balaban J connectivity index is 2.21. The number of rotatable bonds is 0. The molecule has 0 radical (unpaired) electrons. The summed E-state index contributed by atoms with van der Waals surface area (Å²) >= 11 is 0. The van der Waals surface area contributed by atoms with Gasteiger partial charge in [-0.05, 0) is 43.9 Å². The van der Waals surface area contributed by atoms with Crippen LogP contribution in [0.4, 0.5) is 0 Å². The van der Waals surface area contributed by atoms with Crippen LogP contribution < -0.4 is 0 Å². The number of hydrogen-bond donors (Lipinski definition) is 0. The van der Waals surface area contributed by atoms with Gasteiger partial charge < -0.3 is 0 Å². The Labute approximate surface area is 82.4 Å². The first-order valence-corrected chi connectivity index (χ1v) is 5.86. The maximum atomic E-state index is 2.58. The summed E-state index contributed by atoms with van der Waals surface area (Å²) in [5.41, 5.74) is 2.20. The standard InChI is InChI=1S/C13H22/c1-11-6-7-12-5-3-4-8-13(2,9-11)10-12/h9,12H,3-8,10H2,1-2H3. The van der Waals surface area contributed by atoms with Gasteiger partial charge in [-0.2, -0.15) is 0 Å². The molecule has 2 aliphatic carbocycles. The molecule has 0 heteroatoms. The SMILES string of the molecule is CC1=CC2(C)CCCCC(CC1)C2. The maximum Gasteiger partial charge on any atom is -0.0141 e. The summed E-state index contributed by atoms with van der Waals surface area (Å²) in [6.45, 7) is 4.79. The van der Waals surface area contributed by atoms with Crippen molar-refractivity contribution in [2.75, 3.05) is 0 Å². The molecule has 0 N–H and O–H groups in total. The minimum atomic E-state index is 0.557. The van der Waals surface area contributed by atoms with E-state index in [0.29, 0.717) is 5.41 Å². The Morgan fingerprint density at radius 3 is 3.00 bits per heavy atom. The van der Waals surface area contributed by atoms with E-state index in [0.717, 1.165) is 5.92 Å². The molecule has 2 aliphatic rings. The lowest BCUT2D eigenvalue weighted by Gasteiger charge is -2.26. The Morgan fingerprint density at radius 2 is 2.15 bits per heavy atom. The van der Waals surface area contributed by atoms with Gasteiger partial charge in [0, 0.05) is 0 Å². The highest BCUT2D eigenvalue weighted by Crippen LogP contribution is 2.43. The smallest absolute Gasteiger partial charge is 0.0141 e. The lowest BCUT2D eigenvalue weighted by Crippen LogP contribution is -2.14. The highest BCUT2D eigenvalue weighted by molar-refractivity contribution is 5.10. The van der Waals surface area contributed by atoms with Crippen LogP contribution in [0.25, 0.3) is 0 Å². The van der Waals surface area contributed by atoms with Crippen LogP contribution in [0.15, 0.2) is 11.6 Å². The molecule has 2 bridgehead atoms. The lowest BCUT2D eigenvalue weighted by molar-refractivity contribution is 0.308. The zero-order chi connectivity index (χ0) is 9.31. The second-order valence-electron chi connectivity index (χ2n) is 5.50. The summed E-state index contributed by atoms with van der Waals surface area (Å²) in [5, 5.41) is 0. The second kappa shape index (κ2) is 3.48. The predicted octanol–water partition coefficient (Wildman–Crippen LogP) is 4.31. The molecule has 74 valence electrons. The van der Waals surface area contributed by atoms with Crippen molar-refractivity contribution < 1.29 is 0 Å². The molecule has 0 aromatic heterocycles. The van der Waals surface area contributed by atoms with Crippen molar-refractivity contribution in [1.29, 1.82) is 0 Å². The molecule has 0 spiro atoms. The van der Waals surface area contributed by atoms with E-state index in [4.69, 9.17) is 0 Å². The van der Waals surface area contributed by atoms with E-state index in [1.165, 1.54) is 44.9 Å². The quantitative estimate of drug-likeness (QED) is 0.485. The van der Waals surface area contributed by atoms with Crippen molar-refractivity contribution in [3.63, 3.8) is 0 Å². The Kier molecular flexibility index (Phi) is 2.49. The largest absolute Gasteiger partial charge is 0.0796 e. The van der Waals surface area contributed by atoms with Crippen LogP contribution in [0.2, 0.25) is 0 Å². The fourth-order valence-electron chi connectivity index (χ4n) is 3.30. The molecular weight excluding hydrogens is 156 g/mol. The van der Waals surface area contributed by atoms with Crippen molar-refractivity contribution >= 4 is 0 Å². The van der Waals surface area contributed by atoms with Gasteiger partial charge in [0.2, 0.25) is 0 Å². The zero-order valence-corrected chi connectivity index (χ0v) is 9.10. The third kappa shape index (κ3) is 2.15. The molecule has 1 saturated carbocycles. The van der Waals surface area contributed by atoms with E-state index < -0.39 is 0 Å². The van der Waals surface area contributed by atoms with Crippen molar-refractivity contribution in [1.82, 2.24) is 0 Å². The van der Waals surface area contributed by atoms with E-state index in [9.17, 15) is 0 Å². The molecular formula is C13H22. The Hall–Kier alpha value is -0.260. The highest BCUT2D eigenvalue weighted by atomic mass is 14.4. The first-order valence-electron chi connectivity index (χ1n) is 5.86. The van der Waals surface area contributed by atoms with Crippen molar-refractivity contribution in [2.45, 2.75) is 58.8 Å². The minimum absolute atomic E-state index is 0.557. The summed E-state index contributed by atoms with van der Waals surface area (Å²) in [4.78, 5) is 0. The first-order chi connectivity index (χ1) is 6.18. The molecule has 1 fully saturated rings. The van der Waals surface area contributed by atoms with Crippen molar-refractivity contribution in [3.8, 4) is 0 Å². The average Bonchev–Trinajstić information content (AvgIpc) is 2.31. The van der Waals surface area contributed by atoms with E-state index >= 15 is 0 Å². The van der Waals surface area contributed by atoms with Crippen LogP contribution in [0.1, 0.15) is 58.8 Å². The first kappa shape index (κ1) is 9.30. The van der Waals surface area contributed by atoms with Gasteiger partial charge in [0.25, 0.3) is 0 Å². The topological polar surface area (TPSA) is 0 Å². The van der Waals surface area contributed by atoms with Crippen LogP contribution in [-0.4, -0.2) is 0 Å². The summed E-state index contributed by atoms with van der Waals surface area (Å²) in [6, 6.07) is 0. The molecule has 0 saturated heterocycles. The third-order valence-corrected chi connectivity index (χ3v) is 3.91. The van der Waals surface area contributed by atoms with Crippen molar-refractivity contribution in [3.05, 3.63) is 11.6 Å². The monoisotopic (exact) mass is 178 g/mol. The molecule has 2 rings (SSSR count). The Bertz CT molecular complexity index is 214. The van der Waals surface area contributed by atoms with Crippen LogP contribution in [0, 0.1) is 11.3 Å². The van der Waals surface area contributed by atoms with Gasteiger partial charge >= 0.3 is 0 Å². The minimum Gasteiger partial charge on any atom is -0.0796 e. The summed E-state index contributed by atoms with van der Waals surface area (Å²) in [6.07, 6.45) is 12.7. The van der Waals surface area contributed by atoms with Gasteiger partial charge in [-0.25, -0.2) is 0 Å². The van der Waals surface area contributed by atoms with Gasteiger partial charge in [-0.15, -0.1) is 0 Å². The second-order valence-corrected chi connectivity index (χ2v) is 5.50. The molecule has 0 heterocycles. The van der Waals surface area contributed by atoms with Crippen LogP contribution in [0.5, 0.6) is 0 Å². The summed E-state index contributed by atoms with van der Waals surface area (Å²) in [7, 11) is 0. The fourth-order valence-corrected chi connectivity index (χ4v) is 3.30. The Morgan fingerprint density at radius 1 is 1.31 bits per heavy atom. The third-order valence-electron chi connectivity index (χ3n) is 3.91. The van der Waals surface area contributed by atoms with E-state index in [1.54, 1.807) is 5.57 Å². The number of fused-ring (bicyclic) bond motifs is 2. The molecule has 0 nitrogen and oxygen atoms in total. The molecule has 0 aromatic rings. The molecule has 0 amide bonds. The van der Waals surface area contributed by atoms with Gasteiger partial charge in [0.15, 0.2) is 0 Å². The molecule has 0 aromatic carbocycles. The highest BCUT2D eigenvalue weighted by Gasteiger charge is 2.30. The van der Waals surface area contributed by atoms with E-state index in [-0.39, 0.29) is 0 Å². The van der Waals surface area contributed by atoms with E-state index in [2.05, 4.69) is 19.9 Å². The van der Waals surface area contributed by atoms with Gasteiger partial charge in [-0.3, -0.25) is 0 Å². The fraction of sp³-hybridized carbons (Fsp3) is 0.846. The molecule has 2 unspecified atom stereocenters. The van der Waals surface area contributed by atoms with Crippen LogP contribution >= 0.6 is 0 Å². The summed E-state index contributed by atoms with van der Waals surface area (Å²) in [5.74, 6) is 1.03. The predicted molar refractivity (Wildman–Crippen MR) is 57.7 cm³/mol. The van der Waals surface area contributed by atoms with Gasteiger partial charge in [0.05, 0.1) is 0 Å². The van der Waals surface area contributed by atoms with Crippen LogP contribution in [0.3, 0.4) is 0 Å². The molecule has 0 aliphatic heterocycles. The normalized spacial score (nSPS) is 40.5. The van der Waals surface area contributed by atoms with Gasteiger partial charge in [-0.1, -0.05) is 37.8 Å². The maximum absolute atomic E-state index is 2.58. The van der Waals surface area contributed by atoms with Gasteiger partial charge in [0.1, 0.15) is 0 Å². The lowest BCUT2D eigenvalue weighted by atomic mass is 9.79. The van der Waals surface area contributed by atoms with Crippen molar-refractivity contribution in [2.24, 2.45) is 11.3 Å². The van der Waals surface area contributed by atoms with Crippen LogP contribution in [-0.2, 0) is 0 Å². The number of allylic oxidation sites excluding steroid dienone is 2. The zero-order valence-electron chi connectivity index (χ0n) is 9.10. The average molecular weight is 178 g/mol. The summed E-state index contributed by atoms with van der Waals surface area (Å²) < 4.78 is 0.